The van der Waals surface area contributed by atoms with Gasteiger partial charge in [-0.05, 0) is 0 Å². The third kappa shape index (κ3) is 0.729. The first-order valence-corrected chi connectivity index (χ1v) is 2.36. The molecule has 4 N–H and O–H groups in total. The minimum absolute atomic E-state index is 0.148. The highest BCUT2D eigenvalue weighted by Crippen LogP contribution is 2.16. The summed E-state index contributed by atoms with van der Waals surface area (Å²) in [5.74, 6) is 4.91. The summed E-state index contributed by atoms with van der Waals surface area (Å²) in [5, 5.41) is 13.4. The summed E-state index contributed by atoms with van der Waals surface area (Å²) < 4.78 is 0. The standard InChI is InChI=1S/C3H5N5O2/c4-3-2(8(9)10)1-6-7(3)5/h1H,4-5H2. The van der Waals surface area contributed by atoms with Crippen LogP contribution < -0.4 is 11.6 Å². The molecule has 0 aromatic carbocycles. The second-order valence-corrected chi connectivity index (χ2v) is 1.62. The molecular formula is C3H5N5O2. The van der Waals surface area contributed by atoms with Gasteiger partial charge in [0, 0.05) is 0 Å². The van der Waals surface area contributed by atoms with E-state index in [1.165, 1.54) is 0 Å². The average Bonchev–Trinajstić information content (AvgIpc) is 2.14. The average molecular weight is 143 g/mol. The van der Waals surface area contributed by atoms with Crippen molar-refractivity contribution in [1.29, 1.82) is 0 Å². The van der Waals surface area contributed by atoms with Crippen LogP contribution in [0.4, 0.5) is 11.5 Å². The predicted molar refractivity (Wildman–Crippen MR) is 33.4 cm³/mol. The third-order valence-electron chi connectivity index (χ3n) is 1.01. The van der Waals surface area contributed by atoms with Gasteiger partial charge in [-0.1, -0.05) is 0 Å². The molecule has 0 spiro atoms. The Kier molecular flexibility index (Phi) is 1.18. The normalized spacial score (nSPS) is 9.60. The molecule has 0 bridgehead atoms. The number of nitrogens with two attached hydrogens (primary N) is 2. The molecule has 0 aliphatic heterocycles. The van der Waals surface area contributed by atoms with Gasteiger partial charge in [0.25, 0.3) is 0 Å². The molecule has 10 heavy (non-hydrogen) atoms. The third-order valence-corrected chi connectivity index (χ3v) is 1.01. The molecule has 0 atom stereocenters. The van der Waals surface area contributed by atoms with E-state index in [9.17, 15) is 10.1 Å². The molecule has 0 aliphatic carbocycles. The maximum Gasteiger partial charge on any atom is 0.332 e. The monoisotopic (exact) mass is 143 g/mol. The maximum absolute atomic E-state index is 10.1. The van der Waals surface area contributed by atoms with Crippen molar-refractivity contribution < 1.29 is 4.92 Å². The topological polar surface area (TPSA) is 113 Å². The van der Waals surface area contributed by atoms with Crippen molar-refractivity contribution in [3.63, 3.8) is 0 Å². The lowest BCUT2D eigenvalue weighted by molar-refractivity contribution is -0.384. The second-order valence-electron chi connectivity index (χ2n) is 1.62. The van der Waals surface area contributed by atoms with Crippen molar-refractivity contribution in [3.8, 4) is 0 Å². The number of anilines is 1. The van der Waals surface area contributed by atoms with Crippen LogP contribution in [-0.4, -0.2) is 14.8 Å². The van der Waals surface area contributed by atoms with Gasteiger partial charge < -0.3 is 11.6 Å². The zero-order chi connectivity index (χ0) is 7.72. The quantitative estimate of drug-likeness (QED) is 0.300. The Labute approximate surface area is 55.3 Å². The van der Waals surface area contributed by atoms with Crippen molar-refractivity contribution in [3.05, 3.63) is 16.3 Å². The number of nitrogen functional groups attached to an aromatic ring is 2. The number of aromatic nitrogens is 2. The summed E-state index contributed by atoms with van der Waals surface area (Å²) in [6, 6.07) is 0. The van der Waals surface area contributed by atoms with E-state index in [1.807, 2.05) is 0 Å². The molecular weight excluding hydrogens is 138 g/mol. The van der Waals surface area contributed by atoms with E-state index in [0.29, 0.717) is 0 Å². The number of nitrogens with zero attached hydrogens (tertiary/aromatic N) is 3. The molecule has 1 aromatic rings. The molecule has 7 nitrogen and oxygen atoms in total. The number of nitro groups is 1. The first-order valence-electron chi connectivity index (χ1n) is 2.36. The van der Waals surface area contributed by atoms with Gasteiger partial charge in [0.15, 0.2) is 0 Å². The van der Waals surface area contributed by atoms with E-state index in [0.717, 1.165) is 11.0 Å². The molecule has 0 unspecified atom stereocenters. The first kappa shape index (κ1) is 6.33. The van der Waals surface area contributed by atoms with Gasteiger partial charge in [0.05, 0.1) is 4.92 Å². The predicted octanol–water partition coefficient (Wildman–Crippen LogP) is -0.913. The lowest BCUT2D eigenvalue weighted by atomic mass is 10.5. The molecule has 1 rings (SSSR count). The Morgan fingerprint density at radius 1 is 1.80 bits per heavy atom. The molecule has 0 amide bonds. The lowest BCUT2D eigenvalue weighted by Crippen LogP contribution is -2.13. The van der Waals surface area contributed by atoms with Gasteiger partial charge in [-0.25, -0.2) is 0 Å². The van der Waals surface area contributed by atoms with Crippen molar-refractivity contribution in [2.24, 2.45) is 0 Å². The SMILES string of the molecule is Nc1c([N+](=O)[O-])cnn1N. The summed E-state index contributed by atoms with van der Waals surface area (Å²) in [6.07, 6.45) is 0.995. The number of hydrogen-bond acceptors (Lipinski definition) is 5. The molecule has 7 heteroatoms. The molecule has 54 valence electrons. The van der Waals surface area contributed by atoms with Gasteiger partial charge in [-0.2, -0.15) is 9.89 Å². The van der Waals surface area contributed by atoms with Gasteiger partial charge in [0.2, 0.25) is 5.82 Å². The maximum atomic E-state index is 10.1. The minimum Gasteiger partial charge on any atom is -0.377 e. The van der Waals surface area contributed by atoms with Crippen LogP contribution in [0.15, 0.2) is 6.20 Å². The van der Waals surface area contributed by atoms with Gasteiger partial charge >= 0.3 is 5.69 Å². The fourth-order valence-electron chi connectivity index (χ4n) is 0.503. The van der Waals surface area contributed by atoms with Crippen LogP contribution in [0.5, 0.6) is 0 Å². The van der Waals surface area contributed by atoms with Crippen LogP contribution >= 0.6 is 0 Å². The van der Waals surface area contributed by atoms with Crippen molar-refractivity contribution >= 4 is 11.5 Å². The van der Waals surface area contributed by atoms with Crippen molar-refractivity contribution in [2.45, 2.75) is 0 Å². The van der Waals surface area contributed by atoms with Crippen LogP contribution in [0.3, 0.4) is 0 Å². The van der Waals surface area contributed by atoms with Crippen molar-refractivity contribution in [1.82, 2.24) is 9.89 Å². The van der Waals surface area contributed by atoms with Gasteiger partial charge in [-0.3, -0.25) is 10.1 Å². The van der Waals surface area contributed by atoms with Gasteiger partial charge in [0.1, 0.15) is 6.20 Å². The highest BCUT2D eigenvalue weighted by molar-refractivity contribution is 5.50. The fraction of sp³-hybridized carbons (Fsp3) is 0. The highest BCUT2D eigenvalue weighted by Gasteiger charge is 2.15. The summed E-state index contributed by atoms with van der Waals surface area (Å²) in [4.78, 5) is 10.2. The van der Waals surface area contributed by atoms with Crippen LogP contribution in [0, 0.1) is 10.1 Å². The molecule has 1 heterocycles. The van der Waals surface area contributed by atoms with Crippen LogP contribution in [-0.2, 0) is 0 Å². The van der Waals surface area contributed by atoms with Crippen LogP contribution in [0.1, 0.15) is 0 Å². The van der Waals surface area contributed by atoms with E-state index in [2.05, 4.69) is 5.10 Å². The minimum atomic E-state index is -0.647. The van der Waals surface area contributed by atoms with E-state index in [4.69, 9.17) is 11.6 Å². The van der Waals surface area contributed by atoms with E-state index in [-0.39, 0.29) is 11.5 Å². The molecule has 0 aliphatic rings. The number of rotatable bonds is 1. The van der Waals surface area contributed by atoms with E-state index < -0.39 is 4.92 Å². The Bertz CT molecular complexity index is 266. The first-order chi connectivity index (χ1) is 4.63. The number of hydrogen-bond donors (Lipinski definition) is 2. The Balaban J connectivity index is 3.17. The van der Waals surface area contributed by atoms with Gasteiger partial charge in [-0.15, -0.1) is 0 Å². The zero-order valence-electron chi connectivity index (χ0n) is 4.89. The van der Waals surface area contributed by atoms with Crippen molar-refractivity contribution in [2.75, 3.05) is 11.6 Å². The Hall–Kier alpha value is -1.79. The fourth-order valence-corrected chi connectivity index (χ4v) is 0.503. The van der Waals surface area contributed by atoms with E-state index in [1.54, 1.807) is 0 Å². The smallest absolute Gasteiger partial charge is 0.332 e. The Morgan fingerprint density at radius 3 is 2.60 bits per heavy atom. The lowest BCUT2D eigenvalue weighted by Gasteiger charge is -1.89. The second kappa shape index (κ2) is 1.87. The molecule has 1 aromatic heterocycles. The zero-order valence-corrected chi connectivity index (χ0v) is 4.89. The summed E-state index contributed by atoms with van der Waals surface area (Å²) >= 11 is 0. The summed E-state index contributed by atoms with van der Waals surface area (Å²) in [6.45, 7) is 0. The highest BCUT2D eigenvalue weighted by atomic mass is 16.6. The molecule has 0 saturated carbocycles. The summed E-state index contributed by atoms with van der Waals surface area (Å²) in [5.41, 5.74) is 4.86. The molecule has 0 saturated heterocycles. The Morgan fingerprint density at radius 2 is 2.40 bits per heavy atom. The van der Waals surface area contributed by atoms with Crippen LogP contribution in [0.2, 0.25) is 0 Å². The molecule has 0 radical (unpaired) electrons. The van der Waals surface area contributed by atoms with Crippen LogP contribution in [0.25, 0.3) is 0 Å². The largest absolute Gasteiger partial charge is 0.377 e. The summed E-state index contributed by atoms with van der Waals surface area (Å²) in [7, 11) is 0. The molecule has 0 fully saturated rings. The van der Waals surface area contributed by atoms with E-state index >= 15 is 0 Å².